The van der Waals surface area contributed by atoms with Gasteiger partial charge in [0.25, 0.3) is 0 Å². The molecule has 0 aliphatic carbocycles. The molecular formula is C15H20O2Si. The average Bonchev–Trinajstić information content (AvgIpc) is 2.37. The van der Waals surface area contributed by atoms with E-state index in [0.717, 1.165) is 24.2 Å². The molecule has 0 aromatic heterocycles. The molecule has 0 heterocycles. The Hall–Kier alpha value is -1.32. The van der Waals surface area contributed by atoms with Crippen molar-refractivity contribution in [2.24, 2.45) is 0 Å². The summed E-state index contributed by atoms with van der Waals surface area (Å²) in [5.41, 5.74) is 0. The van der Waals surface area contributed by atoms with Gasteiger partial charge in [-0.3, -0.25) is 0 Å². The van der Waals surface area contributed by atoms with Crippen LogP contribution in [0, 0.1) is 0 Å². The van der Waals surface area contributed by atoms with Gasteiger partial charge in [0.1, 0.15) is 5.75 Å². The van der Waals surface area contributed by atoms with Crippen molar-refractivity contribution in [2.45, 2.75) is 26.4 Å². The second-order valence-corrected chi connectivity index (χ2v) is 8.12. The number of hydrogen-bond acceptors (Lipinski definition) is 2. The summed E-state index contributed by atoms with van der Waals surface area (Å²) in [5, 5.41) is 2.36. The molecule has 0 amide bonds. The van der Waals surface area contributed by atoms with Crippen LogP contribution in [0.15, 0.2) is 42.5 Å². The summed E-state index contributed by atoms with van der Waals surface area (Å²) in [6.07, 6.45) is 1.02. The molecular weight excluding hydrogens is 240 g/mol. The highest BCUT2D eigenvalue weighted by atomic mass is 28.4. The molecule has 2 nitrogen and oxygen atoms in total. The molecule has 0 unspecified atom stereocenters. The summed E-state index contributed by atoms with van der Waals surface area (Å²) >= 11 is 0. The van der Waals surface area contributed by atoms with Gasteiger partial charge in [0, 0.05) is 12.0 Å². The van der Waals surface area contributed by atoms with E-state index in [4.69, 9.17) is 8.85 Å². The topological polar surface area (TPSA) is 18.5 Å². The molecule has 0 aliphatic rings. The van der Waals surface area contributed by atoms with Crippen LogP contribution in [0.4, 0.5) is 0 Å². The smallest absolute Gasteiger partial charge is 0.392 e. The summed E-state index contributed by atoms with van der Waals surface area (Å²) in [6.45, 7) is 7.06. The molecule has 0 bridgehead atoms. The van der Waals surface area contributed by atoms with Crippen molar-refractivity contribution in [1.29, 1.82) is 0 Å². The Morgan fingerprint density at radius 2 is 1.72 bits per heavy atom. The lowest BCUT2D eigenvalue weighted by atomic mass is 10.1. The Morgan fingerprint density at radius 1 is 1.00 bits per heavy atom. The van der Waals surface area contributed by atoms with Crippen molar-refractivity contribution in [3.8, 4) is 5.75 Å². The summed E-state index contributed by atoms with van der Waals surface area (Å²) in [6, 6.07) is 14.4. The Kier molecular flexibility index (Phi) is 4.04. The fourth-order valence-corrected chi connectivity index (χ4v) is 3.39. The van der Waals surface area contributed by atoms with Crippen molar-refractivity contribution >= 4 is 19.3 Å². The fraction of sp³-hybridized carbons (Fsp3) is 0.333. The fourth-order valence-electron chi connectivity index (χ4n) is 1.93. The third-order valence-electron chi connectivity index (χ3n) is 2.76. The molecule has 18 heavy (non-hydrogen) atoms. The zero-order chi connectivity index (χ0) is 13.0. The molecule has 0 saturated carbocycles. The Balaban J connectivity index is 2.26. The van der Waals surface area contributed by atoms with E-state index in [0.29, 0.717) is 0 Å². The van der Waals surface area contributed by atoms with Crippen molar-refractivity contribution in [3.63, 3.8) is 0 Å². The molecule has 2 rings (SSSR count). The molecule has 0 saturated heterocycles. The van der Waals surface area contributed by atoms with Gasteiger partial charge in [-0.1, -0.05) is 43.3 Å². The van der Waals surface area contributed by atoms with Gasteiger partial charge in [0.15, 0.2) is 0 Å². The predicted molar refractivity (Wildman–Crippen MR) is 78.3 cm³/mol. The van der Waals surface area contributed by atoms with Gasteiger partial charge in [0.2, 0.25) is 0 Å². The van der Waals surface area contributed by atoms with E-state index in [1.54, 1.807) is 0 Å². The largest absolute Gasteiger partial charge is 0.520 e. The van der Waals surface area contributed by atoms with E-state index < -0.39 is 8.56 Å². The minimum absolute atomic E-state index is 0.768. The molecule has 96 valence electrons. The highest BCUT2D eigenvalue weighted by Crippen LogP contribution is 2.27. The molecule has 3 heteroatoms. The van der Waals surface area contributed by atoms with E-state index in [1.807, 2.05) is 24.3 Å². The summed E-state index contributed by atoms with van der Waals surface area (Å²) < 4.78 is 12.0. The SMILES string of the molecule is CCCO[Si](C)(C)Oc1cccc2ccccc12. The molecule has 0 atom stereocenters. The summed E-state index contributed by atoms with van der Waals surface area (Å²) in [5.74, 6) is 0.931. The Bertz CT molecular complexity index is 517. The summed E-state index contributed by atoms with van der Waals surface area (Å²) in [4.78, 5) is 0. The van der Waals surface area contributed by atoms with Crippen LogP contribution in [0.1, 0.15) is 13.3 Å². The molecule has 0 N–H and O–H groups in total. The number of benzene rings is 2. The zero-order valence-electron chi connectivity index (χ0n) is 11.3. The lowest BCUT2D eigenvalue weighted by molar-refractivity contribution is 0.249. The molecule has 2 aromatic carbocycles. The summed E-state index contributed by atoms with van der Waals surface area (Å²) in [7, 11) is -2.08. The normalized spacial score (nSPS) is 11.7. The number of fused-ring (bicyclic) bond motifs is 1. The maximum atomic E-state index is 6.13. The van der Waals surface area contributed by atoms with Gasteiger partial charge >= 0.3 is 8.56 Å². The van der Waals surface area contributed by atoms with Gasteiger partial charge < -0.3 is 8.85 Å². The first-order valence-electron chi connectivity index (χ1n) is 6.43. The molecule has 0 spiro atoms. The average molecular weight is 260 g/mol. The van der Waals surface area contributed by atoms with Gasteiger partial charge in [-0.15, -0.1) is 0 Å². The van der Waals surface area contributed by atoms with Crippen LogP contribution in [0.2, 0.25) is 13.1 Å². The van der Waals surface area contributed by atoms with Crippen LogP contribution in [0.5, 0.6) is 5.75 Å². The van der Waals surface area contributed by atoms with Crippen LogP contribution in [0.25, 0.3) is 10.8 Å². The second-order valence-electron chi connectivity index (χ2n) is 4.83. The van der Waals surface area contributed by atoms with E-state index in [9.17, 15) is 0 Å². The van der Waals surface area contributed by atoms with E-state index in [1.165, 1.54) is 5.39 Å². The molecule has 0 radical (unpaired) electrons. The third kappa shape index (κ3) is 3.12. The third-order valence-corrected chi connectivity index (χ3v) is 4.37. The minimum atomic E-state index is -2.08. The van der Waals surface area contributed by atoms with Crippen molar-refractivity contribution in [3.05, 3.63) is 42.5 Å². The lowest BCUT2D eigenvalue weighted by Gasteiger charge is -2.24. The van der Waals surface area contributed by atoms with Crippen LogP contribution in [-0.4, -0.2) is 15.2 Å². The van der Waals surface area contributed by atoms with E-state index >= 15 is 0 Å². The van der Waals surface area contributed by atoms with Crippen LogP contribution in [0.3, 0.4) is 0 Å². The highest BCUT2D eigenvalue weighted by Gasteiger charge is 2.26. The molecule has 2 aromatic rings. The lowest BCUT2D eigenvalue weighted by Crippen LogP contribution is -2.38. The quantitative estimate of drug-likeness (QED) is 0.744. The Morgan fingerprint density at radius 3 is 2.50 bits per heavy atom. The van der Waals surface area contributed by atoms with Gasteiger partial charge in [0.05, 0.1) is 0 Å². The van der Waals surface area contributed by atoms with Gasteiger partial charge in [-0.2, -0.15) is 0 Å². The van der Waals surface area contributed by atoms with Crippen LogP contribution in [-0.2, 0) is 4.43 Å². The van der Waals surface area contributed by atoms with Crippen molar-refractivity contribution in [1.82, 2.24) is 0 Å². The monoisotopic (exact) mass is 260 g/mol. The predicted octanol–water partition coefficient (Wildman–Crippen LogP) is 4.35. The number of hydrogen-bond donors (Lipinski definition) is 0. The van der Waals surface area contributed by atoms with Crippen LogP contribution < -0.4 is 4.43 Å². The number of rotatable bonds is 5. The van der Waals surface area contributed by atoms with Crippen molar-refractivity contribution < 1.29 is 8.85 Å². The van der Waals surface area contributed by atoms with Gasteiger partial charge in [-0.05, 0) is 31.0 Å². The highest BCUT2D eigenvalue weighted by molar-refractivity contribution is 6.65. The maximum Gasteiger partial charge on any atom is 0.392 e. The first-order chi connectivity index (χ1) is 8.62. The zero-order valence-corrected chi connectivity index (χ0v) is 12.3. The van der Waals surface area contributed by atoms with Gasteiger partial charge in [-0.25, -0.2) is 0 Å². The second kappa shape index (κ2) is 5.55. The van der Waals surface area contributed by atoms with E-state index in [-0.39, 0.29) is 0 Å². The first-order valence-corrected chi connectivity index (χ1v) is 9.25. The minimum Gasteiger partial charge on any atom is -0.520 e. The first kappa shape index (κ1) is 13.1. The van der Waals surface area contributed by atoms with Crippen molar-refractivity contribution in [2.75, 3.05) is 6.61 Å². The van der Waals surface area contributed by atoms with E-state index in [2.05, 4.69) is 38.2 Å². The molecule has 0 fully saturated rings. The van der Waals surface area contributed by atoms with Crippen LogP contribution >= 0.6 is 0 Å². The molecule has 0 aliphatic heterocycles. The standard InChI is InChI=1S/C15H20O2Si/c1-4-12-16-18(2,3)17-15-11-7-9-13-8-5-6-10-14(13)15/h5-11H,4,12H2,1-3H3. The Labute approximate surface area is 110 Å². The maximum absolute atomic E-state index is 6.13.